The molecule has 0 radical (unpaired) electrons. The van der Waals surface area contributed by atoms with Crippen LogP contribution in [0.25, 0.3) is 0 Å². The van der Waals surface area contributed by atoms with Gasteiger partial charge in [0.15, 0.2) is 6.29 Å². The first kappa shape index (κ1) is 15.8. The third-order valence-corrected chi connectivity index (χ3v) is 3.22. The quantitative estimate of drug-likeness (QED) is 0.455. The Morgan fingerprint density at radius 2 is 1.89 bits per heavy atom. The number of hydrogen-bond acceptors (Lipinski definition) is 6. The normalized spacial score (nSPS) is 36.8. The van der Waals surface area contributed by atoms with Gasteiger partial charge in [0, 0.05) is 6.61 Å². The highest BCUT2D eigenvalue weighted by molar-refractivity contribution is 4.91. The van der Waals surface area contributed by atoms with E-state index in [2.05, 4.69) is 6.92 Å². The second-order valence-corrected chi connectivity index (χ2v) is 4.72. The van der Waals surface area contributed by atoms with E-state index in [-0.39, 0.29) is 6.61 Å². The number of aliphatic hydroxyl groups excluding tert-OH is 3. The Balaban J connectivity index is 2.35. The number of nitrogens with two attached hydrogens (primary N) is 1. The van der Waals surface area contributed by atoms with Crippen LogP contribution in [-0.2, 0) is 9.47 Å². The lowest BCUT2D eigenvalue weighted by atomic mass is 9.97. The van der Waals surface area contributed by atoms with Crippen molar-refractivity contribution in [3.05, 3.63) is 0 Å². The monoisotopic (exact) mass is 263 g/mol. The summed E-state index contributed by atoms with van der Waals surface area (Å²) in [6.07, 6.45) is 0.422. The first-order valence-electron chi connectivity index (χ1n) is 6.61. The Labute approximate surface area is 108 Å². The molecule has 0 amide bonds. The van der Waals surface area contributed by atoms with E-state index < -0.39 is 30.6 Å². The lowest BCUT2D eigenvalue weighted by molar-refractivity contribution is -0.276. The fraction of sp³-hybridized carbons (Fsp3) is 1.00. The summed E-state index contributed by atoms with van der Waals surface area (Å²) >= 11 is 0. The van der Waals surface area contributed by atoms with Crippen LogP contribution >= 0.6 is 0 Å². The van der Waals surface area contributed by atoms with Crippen molar-refractivity contribution in [3.63, 3.8) is 0 Å². The molecule has 1 saturated heterocycles. The number of aliphatic hydroxyl groups is 3. The summed E-state index contributed by atoms with van der Waals surface area (Å²) in [6.45, 7) is 2.25. The zero-order chi connectivity index (χ0) is 13.5. The van der Waals surface area contributed by atoms with E-state index in [1.165, 1.54) is 0 Å². The highest BCUT2D eigenvalue weighted by Gasteiger charge is 2.42. The topological polar surface area (TPSA) is 105 Å². The van der Waals surface area contributed by atoms with E-state index in [1.54, 1.807) is 0 Å². The second-order valence-electron chi connectivity index (χ2n) is 4.72. The molecule has 0 spiro atoms. The zero-order valence-corrected chi connectivity index (χ0v) is 10.9. The smallest absolute Gasteiger partial charge is 0.185 e. The number of rotatable bonds is 7. The molecule has 0 aromatic rings. The van der Waals surface area contributed by atoms with Crippen molar-refractivity contribution in [3.8, 4) is 0 Å². The van der Waals surface area contributed by atoms with Gasteiger partial charge in [-0.2, -0.15) is 0 Å². The molecular formula is C12H25NO5. The molecule has 0 aromatic carbocycles. The van der Waals surface area contributed by atoms with Crippen LogP contribution < -0.4 is 5.73 Å². The van der Waals surface area contributed by atoms with Gasteiger partial charge in [-0.05, 0) is 6.42 Å². The van der Waals surface area contributed by atoms with Crippen LogP contribution in [0.15, 0.2) is 0 Å². The molecule has 0 aliphatic carbocycles. The van der Waals surface area contributed by atoms with E-state index in [4.69, 9.17) is 20.3 Å². The Morgan fingerprint density at radius 1 is 1.17 bits per heavy atom. The predicted octanol–water partition coefficient (Wildman–Crippen LogP) is -0.650. The first-order valence-corrected chi connectivity index (χ1v) is 6.61. The van der Waals surface area contributed by atoms with Crippen molar-refractivity contribution in [1.29, 1.82) is 0 Å². The van der Waals surface area contributed by atoms with Gasteiger partial charge >= 0.3 is 0 Å². The molecule has 5 N–H and O–H groups in total. The Hall–Kier alpha value is -0.240. The maximum Gasteiger partial charge on any atom is 0.185 e. The van der Waals surface area contributed by atoms with Crippen molar-refractivity contribution < 1.29 is 24.8 Å². The van der Waals surface area contributed by atoms with Crippen molar-refractivity contribution in [1.82, 2.24) is 0 Å². The minimum Gasteiger partial charge on any atom is -0.394 e. The highest BCUT2D eigenvalue weighted by atomic mass is 16.7. The number of ether oxygens (including phenoxy) is 2. The third kappa shape index (κ3) is 4.15. The first-order chi connectivity index (χ1) is 8.61. The molecule has 0 saturated carbocycles. The van der Waals surface area contributed by atoms with Crippen LogP contribution in [-0.4, -0.2) is 59.2 Å². The van der Waals surface area contributed by atoms with Crippen molar-refractivity contribution in [2.45, 2.75) is 63.3 Å². The summed E-state index contributed by atoms with van der Waals surface area (Å²) in [6, 6.07) is -0.864. The third-order valence-electron chi connectivity index (χ3n) is 3.22. The average molecular weight is 263 g/mol. The fourth-order valence-corrected chi connectivity index (χ4v) is 1.98. The molecule has 1 heterocycles. The molecule has 5 atom stereocenters. The van der Waals surface area contributed by atoms with Gasteiger partial charge in [-0.3, -0.25) is 0 Å². The molecule has 1 rings (SSSR count). The molecule has 1 aliphatic heterocycles. The van der Waals surface area contributed by atoms with Crippen molar-refractivity contribution >= 4 is 0 Å². The molecule has 6 heteroatoms. The lowest BCUT2D eigenvalue weighted by Crippen LogP contribution is -2.62. The predicted molar refractivity (Wildman–Crippen MR) is 65.8 cm³/mol. The second kappa shape index (κ2) is 8.04. The van der Waals surface area contributed by atoms with E-state index >= 15 is 0 Å². The fourth-order valence-electron chi connectivity index (χ4n) is 1.98. The highest BCUT2D eigenvalue weighted by Crippen LogP contribution is 2.20. The summed E-state index contributed by atoms with van der Waals surface area (Å²) in [5.41, 5.74) is 5.66. The van der Waals surface area contributed by atoms with Gasteiger partial charge in [-0.15, -0.1) is 0 Å². The zero-order valence-electron chi connectivity index (χ0n) is 10.9. The maximum absolute atomic E-state index is 9.81. The van der Waals surface area contributed by atoms with Crippen LogP contribution in [0.3, 0.4) is 0 Å². The molecule has 0 aromatic heterocycles. The van der Waals surface area contributed by atoms with E-state index in [0.717, 1.165) is 25.7 Å². The average Bonchev–Trinajstić information content (AvgIpc) is 2.38. The molecule has 108 valence electrons. The summed E-state index contributed by atoms with van der Waals surface area (Å²) in [5, 5.41) is 28.5. The number of hydrogen-bond donors (Lipinski definition) is 4. The van der Waals surface area contributed by atoms with E-state index in [1.807, 2.05) is 0 Å². The van der Waals surface area contributed by atoms with Gasteiger partial charge in [0.1, 0.15) is 18.3 Å². The summed E-state index contributed by atoms with van der Waals surface area (Å²) in [4.78, 5) is 0. The molecule has 1 fully saturated rings. The van der Waals surface area contributed by atoms with Crippen LogP contribution in [0.1, 0.15) is 32.6 Å². The molecule has 18 heavy (non-hydrogen) atoms. The standard InChI is InChI=1S/C12H25NO5/c1-2-3-4-5-6-17-12-11(16)9(13)10(15)8(7-14)18-12/h8-12,14-16H,2-7,13H2,1H3. The largest absolute Gasteiger partial charge is 0.394 e. The van der Waals surface area contributed by atoms with E-state index in [0.29, 0.717) is 6.61 Å². The summed E-state index contributed by atoms with van der Waals surface area (Å²) < 4.78 is 10.7. The van der Waals surface area contributed by atoms with Crippen molar-refractivity contribution in [2.75, 3.05) is 13.2 Å². The van der Waals surface area contributed by atoms with E-state index in [9.17, 15) is 10.2 Å². The van der Waals surface area contributed by atoms with Gasteiger partial charge in [-0.25, -0.2) is 0 Å². The van der Waals surface area contributed by atoms with Crippen LogP contribution in [0.5, 0.6) is 0 Å². The van der Waals surface area contributed by atoms with Gasteiger partial charge in [0.25, 0.3) is 0 Å². The minimum absolute atomic E-state index is 0.350. The van der Waals surface area contributed by atoms with Gasteiger partial charge in [0.2, 0.25) is 0 Å². The molecule has 6 nitrogen and oxygen atoms in total. The minimum atomic E-state index is -1.08. The van der Waals surface area contributed by atoms with Crippen molar-refractivity contribution in [2.24, 2.45) is 5.73 Å². The summed E-state index contributed by atoms with van der Waals surface area (Å²) in [5.74, 6) is 0. The Bertz CT molecular complexity index is 227. The maximum atomic E-state index is 9.81. The van der Waals surface area contributed by atoms with Gasteiger partial charge in [-0.1, -0.05) is 26.2 Å². The van der Waals surface area contributed by atoms with Crippen LogP contribution in [0.2, 0.25) is 0 Å². The van der Waals surface area contributed by atoms with Gasteiger partial charge in [0.05, 0.1) is 12.6 Å². The van der Waals surface area contributed by atoms with Crippen LogP contribution in [0.4, 0.5) is 0 Å². The van der Waals surface area contributed by atoms with Crippen LogP contribution in [0, 0.1) is 0 Å². The molecule has 0 bridgehead atoms. The Kier molecular flexibility index (Phi) is 7.06. The lowest BCUT2D eigenvalue weighted by Gasteiger charge is -2.40. The molecule has 5 unspecified atom stereocenters. The Morgan fingerprint density at radius 3 is 2.50 bits per heavy atom. The molecule has 1 aliphatic rings. The number of unbranched alkanes of at least 4 members (excludes halogenated alkanes) is 3. The SMILES string of the molecule is CCCCCCOC1OC(CO)C(O)C(N)C1O. The summed E-state index contributed by atoms with van der Waals surface area (Å²) in [7, 11) is 0. The van der Waals surface area contributed by atoms with Gasteiger partial charge < -0.3 is 30.5 Å². The molecular weight excluding hydrogens is 238 g/mol.